The molecule has 2 amide bonds. The first-order chi connectivity index (χ1) is 12.5. The predicted octanol–water partition coefficient (Wildman–Crippen LogP) is 3.43. The van der Waals surface area contributed by atoms with E-state index in [0.29, 0.717) is 13.1 Å². The second-order valence-corrected chi connectivity index (χ2v) is 8.64. The molecule has 0 aliphatic carbocycles. The van der Waals surface area contributed by atoms with Crippen LogP contribution in [0.2, 0.25) is 0 Å². The molecule has 6 nitrogen and oxygen atoms in total. The molecule has 27 heavy (non-hydrogen) atoms. The highest BCUT2D eigenvalue weighted by Crippen LogP contribution is 2.40. The maximum absolute atomic E-state index is 12.5. The normalized spacial score (nSPS) is 23.0. The van der Waals surface area contributed by atoms with Crippen LogP contribution >= 0.6 is 0 Å². The zero-order chi connectivity index (χ0) is 20.2. The summed E-state index contributed by atoms with van der Waals surface area (Å²) in [5.41, 5.74) is 0.477. The molecule has 0 bridgehead atoms. The average molecular weight is 376 g/mol. The minimum Gasteiger partial charge on any atom is -0.508 e. The van der Waals surface area contributed by atoms with Crippen LogP contribution in [0.5, 0.6) is 5.75 Å². The number of phenolic OH excluding ortho intramolecular Hbond substituents is 1. The molecule has 1 aromatic rings. The Morgan fingerprint density at radius 3 is 2.67 bits per heavy atom. The summed E-state index contributed by atoms with van der Waals surface area (Å²) in [7, 11) is 0. The lowest BCUT2D eigenvalue weighted by molar-refractivity contribution is -0.133. The number of carbonyl (C=O) groups excluding carboxylic acids is 2. The zero-order valence-corrected chi connectivity index (χ0v) is 17.0. The molecule has 2 N–H and O–H groups in total. The molecule has 1 aliphatic rings. The first-order valence-electron chi connectivity index (χ1n) is 9.55. The molecule has 1 aliphatic heterocycles. The fraction of sp³-hybridized carbons (Fsp3) is 0.619. The van der Waals surface area contributed by atoms with Gasteiger partial charge in [0.05, 0.1) is 0 Å². The van der Waals surface area contributed by atoms with Crippen LogP contribution in [0.4, 0.5) is 4.79 Å². The molecule has 0 aromatic heterocycles. The lowest BCUT2D eigenvalue weighted by atomic mass is 9.68. The monoisotopic (exact) mass is 376 g/mol. The number of piperidine rings is 1. The third-order valence-electron chi connectivity index (χ3n) is 5.35. The number of hydrogen-bond donors (Lipinski definition) is 2. The van der Waals surface area contributed by atoms with Crippen molar-refractivity contribution < 1.29 is 19.4 Å². The van der Waals surface area contributed by atoms with Crippen LogP contribution < -0.4 is 5.32 Å². The summed E-state index contributed by atoms with van der Waals surface area (Å²) in [4.78, 5) is 26.0. The standard InChI is InChI=1S/C21H32N2O4/c1-15-14-23(18(25)9-11-22-19(26)27-20(2,3)4)12-10-21(15,5)16-7-6-8-17(24)13-16/h6-8,13,15,24H,9-12,14H2,1-5H3,(H,22,26). The Morgan fingerprint density at radius 2 is 2.07 bits per heavy atom. The maximum Gasteiger partial charge on any atom is 0.407 e. The number of alkyl carbamates (subject to hydrolysis) is 1. The molecule has 2 rings (SSSR count). The van der Waals surface area contributed by atoms with Gasteiger partial charge in [0.1, 0.15) is 11.4 Å². The number of benzene rings is 1. The van der Waals surface area contributed by atoms with Gasteiger partial charge in [-0.3, -0.25) is 4.79 Å². The van der Waals surface area contributed by atoms with Crippen LogP contribution in [0.15, 0.2) is 24.3 Å². The summed E-state index contributed by atoms with van der Waals surface area (Å²) >= 11 is 0. The van der Waals surface area contributed by atoms with Crippen molar-refractivity contribution in [1.82, 2.24) is 10.2 Å². The van der Waals surface area contributed by atoms with E-state index in [4.69, 9.17) is 4.74 Å². The Labute approximate surface area is 161 Å². The SMILES string of the molecule is CC1CN(C(=O)CCNC(=O)OC(C)(C)C)CCC1(C)c1cccc(O)c1. The predicted molar refractivity (Wildman–Crippen MR) is 105 cm³/mol. The molecule has 1 fully saturated rings. The number of aromatic hydroxyl groups is 1. The minimum absolute atomic E-state index is 0.0378. The third kappa shape index (κ3) is 5.62. The second kappa shape index (κ2) is 8.19. The van der Waals surface area contributed by atoms with Gasteiger partial charge in [-0.15, -0.1) is 0 Å². The molecule has 2 unspecified atom stereocenters. The molecule has 150 valence electrons. The van der Waals surface area contributed by atoms with Gasteiger partial charge in [-0.1, -0.05) is 26.0 Å². The summed E-state index contributed by atoms with van der Waals surface area (Å²) in [5.74, 6) is 0.569. The summed E-state index contributed by atoms with van der Waals surface area (Å²) in [6.07, 6.45) is 0.594. The Balaban J connectivity index is 1.86. The molecule has 0 radical (unpaired) electrons. The molecule has 2 atom stereocenters. The molecule has 0 saturated carbocycles. The van der Waals surface area contributed by atoms with Gasteiger partial charge in [0.15, 0.2) is 0 Å². The first-order valence-corrected chi connectivity index (χ1v) is 9.55. The quantitative estimate of drug-likeness (QED) is 0.844. The topological polar surface area (TPSA) is 78.9 Å². The van der Waals surface area contributed by atoms with Crippen molar-refractivity contribution in [2.24, 2.45) is 5.92 Å². The van der Waals surface area contributed by atoms with E-state index in [-0.39, 0.29) is 36.0 Å². The van der Waals surface area contributed by atoms with Gasteiger partial charge >= 0.3 is 6.09 Å². The third-order valence-corrected chi connectivity index (χ3v) is 5.35. The molecular weight excluding hydrogens is 344 g/mol. The number of ether oxygens (including phenoxy) is 1. The summed E-state index contributed by atoms with van der Waals surface area (Å²) < 4.78 is 5.17. The van der Waals surface area contributed by atoms with Crippen molar-refractivity contribution in [2.45, 2.75) is 58.5 Å². The highest BCUT2D eigenvalue weighted by molar-refractivity contribution is 5.77. The van der Waals surface area contributed by atoms with Crippen molar-refractivity contribution in [1.29, 1.82) is 0 Å². The van der Waals surface area contributed by atoms with E-state index in [0.717, 1.165) is 12.0 Å². The molecule has 1 aromatic carbocycles. The van der Waals surface area contributed by atoms with E-state index in [9.17, 15) is 14.7 Å². The second-order valence-electron chi connectivity index (χ2n) is 8.64. The molecule has 6 heteroatoms. The van der Waals surface area contributed by atoms with E-state index in [1.807, 2.05) is 23.1 Å². The summed E-state index contributed by atoms with van der Waals surface area (Å²) in [5, 5.41) is 12.4. The fourth-order valence-electron chi connectivity index (χ4n) is 3.50. The van der Waals surface area contributed by atoms with Gasteiger partial charge < -0.3 is 20.1 Å². The number of carbonyl (C=O) groups is 2. The number of hydrogen-bond acceptors (Lipinski definition) is 4. The Morgan fingerprint density at radius 1 is 1.37 bits per heavy atom. The van der Waals surface area contributed by atoms with Crippen LogP contribution in [-0.4, -0.2) is 47.2 Å². The Kier molecular flexibility index (Phi) is 6.39. The number of rotatable bonds is 4. The largest absolute Gasteiger partial charge is 0.508 e. The fourth-order valence-corrected chi connectivity index (χ4v) is 3.50. The first kappa shape index (κ1) is 21.1. The van der Waals surface area contributed by atoms with E-state index >= 15 is 0 Å². The van der Waals surface area contributed by atoms with E-state index < -0.39 is 11.7 Å². The number of likely N-dealkylation sites (tertiary alicyclic amines) is 1. The van der Waals surface area contributed by atoms with Crippen molar-refractivity contribution in [2.75, 3.05) is 19.6 Å². The zero-order valence-electron chi connectivity index (χ0n) is 17.0. The molecule has 1 heterocycles. The summed E-state index contributed by atoms with van der Waals surface area (Å²) in [6.45, 7) is 11.3. The van der Waals surface area contributed by atoms with Gasteiger partial charge in [0.25, 0.3) is 0 Å². The summed E-state index contributed by atoms with van der Waals surface area (Å²) in [6, 6.07) is 7.40. The van der Waals surface area contributed by atoms with E-state index in [2.05, 4.69) is 19.2 Å². The van der Waals surface area contributed by atoms with Crippen LogP contribution in [0, 0.1) is 5.92 Å². The molecule has 1 saturated heterocycles. The van der Waals surface area contributed by atoms with Crippen molar-refractivity contribution >= 4 is 12.0 Å². The molecule has 0 spiro atoms. The lowest BCUT2D eigenvalue weighted by Gasteiger charge is -2.45. The number of nitrogens with one attached hydrogen (secondary N) is 1. The maximum atomic E-state index is 12.5. The van der Waals surface area contributed by atoms with Gasteiger partial charge in [0.2, 0.25) is 5.91 Å². The van der Waals surface area contributed by atoms with Crippen LogP contribution in [0.3, 0.4) is 0 Å². The van der Waals surface area contributed by atoms with E-state index in [1.165, 1.54) is 0 Å². The van der Waals surface area contributed by atoms with Gasteiger partial charge in [-0.2, -0.15) is 0 Å². The van der Waals surface area contributed by atoms with Crippen molar-refractivity contribution in [3.8, 4) is 5.75 Å². The van der Waals surface area contributed by atoms with Crippen molar-refractivity contribution in [3.05, 3.63) is 29.8 Å². The smallest absolute Gasteiger partial charge is 0.407 e. The minimum atomic E-state index is -0.549. The number of nitrogens with zero attached hydrogens (tertiary/aromatic N) is 1. The van der Waals surface area contributed by atoms with E-state index in [1.54, 1.807) is 26.8 Å². The van der Waals surface area contributed by atoms with Gasteiger partial charge in [-0.25, -0.2) is 4.79 Å². The number of amides is 2. The van der Waals surface area contributed by atoms with Crippen LogP contribution in [0.1, 0.15) is 53.0 Å². The Hall–Kier alpha value is -2.24. The highest BCUT2D eigenvalue weighted by Gasteiger charge is 2.39. The van der Waals surface area contributed by atoms with Crippen LogP contribution in [0.25, 0.3) is 0 Å². The Bertz CT molecular complexity index is 683. The molecular formula is C21H32N2O4. The average Bonchev–Trinajstić information content (AvgIpc) is 2.55. The highest BCUT2D eigenvalue weighted by atomic mass is 16.6. The van der Waals surface area contributed by atoms with Gasteiger partial charge in [0, 0.05) is 26.1 Å². The number of phenols is 1. The van der Waals surface area contributed by atoms with Gasteiger partial charge in [-0.05, 0) is 56.2 Å². The van der Waals surface area contributed by atoms with Crippen molar-refractivity contribution in [3.63, 3.8) is 0 Å². The van der Waals surface area contributed by atoms with Crippen LogP contribution in [-0.2, 0) is 14.9 Å². The lowest BCUT2D eigenvalue weighted by Crippen LogP contribution is -2.49.